The minimum Gasteiger partial charge on any atom is -0.396 e. The van der Waals surface area contributed by atoms with Crippen molar-refractivity contribution in [1.29, 1.82) is 0 Å². The number of nitrogens with zero attached hydrogens (tertiary/aromatic N) is 2. The quantitative estimate of drug-likeness (QED) is 0.827. The van der Waals surface area contributed by atoms with Crippen molar-refractivity contribution in [2.24, 2.45) is 0 Å². The minimum absolute atomic E-state index is 0.0365. The molecule has 5 nitrogen and oxygen atoms in total. The van der Waals surface area contributed by atoms with E-state index in [1.807, 2.05) is 11.8 Å². The highest BCUT2D eigenvalue weighted by Crippen LogP contribution is 2.22. The first-order valence-corrected chi connectivity index (χ1v) is 6.16. The van der Waals surface area contributed by atoms with Crippen molar-refractivity contribution in [1.82, 2.24) is 15.1 Å². The molecular formula is C12H19N3O2. The Balaban J connectivity index is 2.14. The van der Waals surface area contributed by atoms with Crippen LogP contribution in [-0.4, -0.2) is 45.3 Å². The minimum atomic E-state index is 0.0365. The van der Waals surface area contributed by atoms with Crippen molar-refractivity contribution < 1.29 is 9.90 Å². The van der Waals surface area contributed by atoms with Crippen molar-refractivity contribution in [3.63, 3.8) is 0 Å². The van der Waals surface area contributed by atoms with Crippen LogP contribution in [0.1, 0.15) is 41.7 Å². The number of nitrogens with one attached hydrogen (secondary N) is 1. The van der Waals surface area contributed by atoms with E-state index in [2.05, 4.69) is 10.2 Å². The zero-order valence-electron chi connectivity index (χ0n) is 10.1. The fraction of sp³-hybridized carbons (Fsp3) is 0.667. The predicted molar refractivity (Wildman–Crippen MR) is 63.7 cm³/mol. The molecule has 17 heavy (non-hydrogen) atoms. The van der Waals surface area contributed by atoms with Crippen LogP contribution in [-0.2, 0) is 0 Å². The molecule has 2 rings (SSSR count). The second kappa shape index (κ2) is 5.31. The number of aromatic nitrogens is 2. The summed E-state index contributed by atoms with van der Waals surface area (Å²) in [6.45, 7) is 2.78. The van der Waals surface area contributed by atoms with Gasteiger partial charge in [-0.2, -0.15) is 5.10 Å². The molecule has 1 saturated heterocycles. The number of carbonyl (C=O) groups is 1. The maximum atomic E-state index is 12.4. The molecule has 94 valence electrons. The predicted octanol–water partition coefficient (Wildman–Crippen LogP) is 1.10. The highest BCUT2D eigenvalue weighted by atomic mass is 16.3. The van der Waals surface area contributed by atoms with Gasteiger partial charge in [0.05, 0.1) is 11.8 Å². The fourth-order valence-corrected chi connectivity index (χ4v) is 2.44. The topological polar surface area (TPSA) is 69.2 Å². The summed E-state index contributed by atoms with van der Waals surface area (Å²) < 4.78 is 0. The van der Waals surface area contributed by atoms with Crippen LogP contribution < -0.4 is 0 Å². The molecule has 0 bridgehead atoms. The molecule has 1 unspecified atom stereocenters. The number of aromatic amines is 1. The number of aryl methyl sites for hydroxylation is 1. The van der Waals surface area contributed by atoms with Crippen molar-refractivity contribution >= 4 is 5.91 Å². The van der Waals surface area contributed by atoms with Crippen LogP contribution in [0.5, 0.6) is 0 Å². The summed E-state index contributed by atoms with van der Waals surface area (Å²) in [7, 11) is 0. The van der Waals surface area contributed by atoms with Crippen molar-refractivity contribution in [2.45, 2.75) is 38.6 Å². The van der Waals surface area contributed by atoms with E-state index in [0.717, 1.165) is 31.5 Å². The average molecular weight is 237 g/mol. The van der Waals surface area contributed by atoms with Gasteiger partial charge in [-0.15, -0.1) is 0 Å². The van der Waals surface area contributed by atoms with E-state index >= 15 is 0 Å². The average Bonchev–Trinajstić information content (AvgIpc) is 2.76. The third kappa shape index (κ3) is 2.49. The first-order valence-electron chi connectivity index (χ1n) is 6.16. The number of aliphatic hydroxyl groups excluding tert-OH is 1. The van der Waals surface area contributed by atoms with E-state index in [4.69, 9.17) is 5.11 Å². The third-order valence-electron chi connectivity index (χ3n) is 3.41. The zero-order chi connectivity index (χ0) is 12.3. The number of piperidine rings is 1. The van der Waals surface area contributed by atoms with Gasteiger partial charge in [-0.05, 0) is 32.6 Å². The lowest BCUT2D eigenvalue weighted by atomic mass is 9.98. The van der Waals surface area contributed by atoms with Crippen LogP contribution in [0.15, 0.2) is 6.20 Å². The molecule has 0 aliphatic carbocycles. The Bertz CT molecular complexity index is 387. The highest BCUT2D eigenvalue weighted by molar-refractivity contribution is 5.95. The number of hydrogen-bond donors (Lipinski definition) is 2. The monoisotopic (exact) mass is 237 g/mol. The van der Waals surface area contributed by atoms with Crippen LogP contribution in [0.2, 0.25) is 0 Å². The molecule has 1 amide bonds. The molecule has 0 radical (unpaired) electrons. The molecular weight excluding hydrogens is 218 g/mol. The third-order valence-corrected chi connectivity index (χ3v) is 3.41. The lowest BCUT2D eigenvalue weighted by molar-refractivity contribution is 0.0574. The smallest absolute Gasteiger partial charge is 0.257 e. The van der Waals surface area contributed by atoms with E-state index < -0.39 is 0 Å². The molecule has 2 N–H and O–H groups in total. The Morgan fingerprint density at radius 3 is 3.12 bits per heavy atom. The molecule has 1 aliphatic rings. The Kier molecular flexibility index (Phi) is 3.78. The van der Waals surface area contributed by atoms with E-state index in [1.54, 1.807) is 6.20 Å². The van der Waals surface area contributed by atoms with Gasteiger partial charge in [-0.3, -0.25) is 9.89 Å². The maximum Gasteiger partial charge on any atom is 0.257 e. The largest absolute Gasteiger partial charge is 0.396 e. The number of likely N-dealkylation sites (tertiary alicyclic amines) is 1. The number of hydrogen-bond acceptors (Lipinski definition) is 3. The summed E-state index contributed by atoms with van der Waals surface area (Å²) in [5, 5.41) is 15.7. The summed E-state index contributed by atoms with van der Waals surface area (Å²) >= 11 is 0. The van der Waals surface area contributed by atoms with Crippen molar-refractivity contribution in [3.8, 4) is 0 Å². The van der Waals surface area contributed by atoms with Gasteiger partial charge in [-0.25, -0.2) is 0 Å². The first kappa shape index (κ1) is 12.1. The lowest BCUT2D eigenvalue weighted by Crippen LogP contribution is -2.44. The second-order valence-corrected chi connectivity index (χ2v) is 4.57. The number of rotatable bonds is 3. The van der Waals surface area contributed by atoms with Gasteiger partial charge < -0.3 is 10.0 Å². The first-order chi connectivity index (χ1) is 8.24. The highest BCUT2D eigenvalue weighted by Gasteiger charge is 2.28. The van der Waals surface area contributed by atoms with Crippen LogP contribution in [0.25, 0.3) is 0 Å². The van der Waals surface area contributed by atoms with Gasteiger partial charge in [0.15, 0.2) is 0 Å². The summed E-state index contributed by atoms with van der Waals surface area (Å²) in [6, 6.07) is 0.176. The van der Waals surface area contributed by atoms with Gasteiger partial charge in [-0.1, -0.05) is 0 Å². The molecule has 1 aromatic rings. The van der Waals surface area contributed by atoms with Gasteiger partial charge in [0.2, 0.25) is 0 Å². The van der Waals surface area contributed by atoms with E-state index in [-0.39, 0.29) is 18.6 Å². The summed E-state index contributed by atoms with van der Waals surface area (Å²) in [5.74, 6) is 0.0365. The van der Waals surface area contributed by atoms with Crippen molar-refractivity contribution in [2.75, 3.05) is 13.2 Å². The molecule has 2 heterocycles. The summed E-state index contributed by atoms with van der Waals surface area (Å²) in [5.41, 5.74) is 1.46. The Labute approximate surface area is 101 Å². The number of aliphatic hydroxyl groups is 1. The van der Waals surface area contributed by atoms with Gasteiger partial charge >= 0.3 is 0 Å². The van der Waals surface area contributed by atoms with Crippen LogP contribution in [0.3, 0.4) is 0 Å². The number of carbonyl (C=O) groups excluding carboxylic acids is 1. The summed E-state index contributed by atoms with van der Waals surface area (Å²) in [4.78, 5) is 14.2. The fourth-order valence-electron chi connectivity index (χ4n) is 2.44. The standard InChI is InChI=1S/C12H19N3O2/c1-9-11(8-13-14-9)12(17)15-6-3-2-4-10(15)5-7-16/h8,10,16H,2-7H2,1H3,(H,13,14). The molecule has 0 saturated carbocycles. The molecule has 1 aliphatic heterocycles. The molecule has 1 aromatic heterocycles. The van der Waals surface area contributed by atoms with Crippen LogP contribution in [0, 0.1) is 6.92 Å². The molecule has 1 fully saturated rings. The molecule has 1 atom stereocenters. The molecule has 5 heteroatoms. The Morgan fingerprint density at radius 2 is 2.47 bits per heavy atom. The SMILES string of the molecule is Cc1[nH]ncc1C(=O)N1CCCCC1CCO. The Hall–Kier alpha value is -1.36. The molecule has 0 aromatic carbocycles. The summed E-state index contributed by atoms with van der Waals surface area (Å²) in [6.07, 6.45) is 5.43. The van der Waals surface area contributed by atoms with Crippen molar-refractivity contribution in [3.05, 3.63) is 17.5 Å². The zero-order valence-corrected chi connectivity index (χ0v) is 10.1. The van der Waals surface area contributed by atoms with Crippen LogP contribution >= 0.6 is 0 Å². The number of H-pyrrole nitrogens is 1. The second-order valence-electron chi connectivity index (χ2n) is 4.57. The van der Waals surface area contributed by atoms with E-state index in [1.165, 1.54) is 0 Å². The van der Waals surface area contributed by atoms with Gasteiger partial charge in [0.25, 0.3) is 5.91 Å². The van der Waals surface area contributed by atoms with E-state index in [0.29, 0.717) is 12.0 Å². The maximum absolute atomic E-state index is 12.4. The van der Waals surface area contributed by atoms with Gasteiger partial charge in [0.1, 0.15) is 0 Å². The number of amides is 1. The lowest BCUT2D eigenvalue weighted by Gasteiger charge is -2.35. The van der Waals surface area contributed by atoms with Gasteiger partial charge in [0, 0.05) is 24.9 Å². The normalized spacial score (nSPS) is 20.6. The van der Waals surface area contributed by atoms with Crippen LogP contribution in [0.4, 0.5) is 0 Å². The molecule has 0 spiro atoms. The van der Waals surface area contributed by atoms with E-state index in [9.17, 15) is 4.79 Å². The Morgan fingerprint density at radius 1 is 1.65 bits per heavy atom.